The van der Waals surface area contributed by atoms with Crippen molar-refractivity contribution in [2.45, 2.75) is 56.5 Å². The van der Waals surface area contributed by atoms with E-state index in [1.54, 1.807) is 42.9 Å². The highest BCUT2D eigenvalue weighted by molar-refractivity contribution is 7.15. The molecule has 5 rings (SSSR count). The van der Waals surface area contributed by atoms with Gasteiger partial charge >= 0.3 is 0 Å². The van der Waals surface area contributed by atoms with Gasteiger partial charge in [0.25, 0.3) is 11.8 Å². The van der Waals surface area contributed by atoms with Gasteiger partial charge < -0.3 is 20.0 Å². The number of carbonyl (C=O) groups is 3. The second-order valence-corrected chi connectivity index (χ2v) is 13.6. The van der Waals surface area contributed by atoms with E-state index in [9.17, 15) is 19.6 Å². The summed E-state index contributed by atoms with van der Waals surface area (Å²) in [6, 6.07) is 5.52. The lowest BCUT2D eigenvalue weighted by molar-refractivity contribution is -0.130. The fourth-order valence-corrected chi connectivity index (χ4v) is 8.48. The number of nitrogens with one attached hydrogen (secondary N) is 2. The van der Waals surface area contributed by atoms with Gasteiger partial charge in [-0.1, -0.05) is 5.21 Å². The Morgan fingerprint density at radius 2 is 1.71 bits per heavy atom. The first kappa shape index (κ1) is 29.8. The van der Waals surface area contributed by atoms with Crippen LogP contribution in [0.4, 0.5) is 0 Å². The van der Waals surface area contributed by atoms with Crippen LogP contribution in [-0.2, 0) is 23.1 Å². The highest BCUT2D eigenvalue weighted by Gasteiger charge is 2.48. The Morgan fingerprint density at radius 1 is 1.12 bits per heavy atom. The molecule has 2 atom stereocenters. The molecule has 2 N–H and O–H groups in total. The summed E-state index contributed by atoms with van der Waals surface area (Å²) in [4.78, 5) is 47.4. The molecule has 1 saturated heterocycles. The molecule has 1 unspecified atom stereocenters. The number of hydrogen-bond acceptors (Lipinski definition) is 10. The number of aromatic nitrogens is 4. The Kier molecular flexibility index (Phi) is 8.45. The van der Waals surface area contributed by atoms with Crippen molar-refractivity contribution >= 4 is 40.4 Å². The summed E-state index contributed by atoms with van der Waals surface area (Å²) in [5.74, 6) is 0.168. The number of H-pyrrole nitrogens is 1. The van der Waals surface area contributed by atoms with Crippen molar-refractivity contribution in [3.63, 3.8) is 0 Å². The van der Waals surface area contributed by atoms with Gasteiger partial charge in [-0.15, -0.1) is 32.9 Å². The van der Waals surface area contributed by atoms with Crippen molar-refractivity contribution in [3.05, 3.63) is 48.6 Å². The first-order valence-corrected chi connectivity index (χ1v) is 15.6. The average molecular weight is 610 g/mol. The van der Waals surface area contributed by atoms with Crippen LogP contribution in [0.2, 0.25) is 0 Å². The zero-order valence-electron chi connectivity index (χ0n) is 24.4. The molecule has 3 amide bonds. The van der Waals surface area contributed by atoms with Gasteiger partial charge in [0.2, 0.25) is 5.91 Å². The number of hydrogen-bond donors (Lipinski definition) is 2. The van der Waals surface area contributed by atoms with Crippen molar-refractivity contribution in [1.29, 1.82) is 5.26 Å². The number of likely N-dealkylation sites (tertiary alicyclic amines) is 1. The number of thiophene rings is 2. The average Bonchev–Trinajstić information content (AvgIpc) is 3.78. The fourth-order valence-electron chi connectivity index (χ4n) is 5.96. The predicted molar refractivity (Wildman–Crippen MR) is 159 cm³/mol. The number of rotatable bonds is 8. The molecule has 1 aliphatic heterocycles. The van der Waals surface area contributed by atoms with E-state index in [2.05, 4.69) is 32.0 Å². The number of tetrazole rings is 1. The van der Waals surface area contributed by atoms with Crippen LogP contribution in [0.15, 0.2) is 12.1 Å². The number of aromatic amines is 1. The van der Waals surface area contributed by atoms with E-state index in [-0.39, 0.29) is 36.3 Å². The van der Waals surface area contributed by atoms with Gasteiger partial charge in [0.15, 0.2) is 5.82 Å². The van der Waals surface area contributed by atoms with Crippen LogP contribution in [0.5, 0.6) is 0 Å². The Morgan fingerprint density at radius 3 is 2.21 bits per heavy atom. The minimum absolute atomic E-state index is 0.0847. The Balaban J connectivity index is 1.59. The third kappa shape index (κ3) is 5.32. The molecule has 0 aromatic carbocycles. The summed E-state index contributed by atoms with van der Waals surface area (Å²) in [7, 11) is 6.93. The number of nitriles is 1. The highest BCUT2D eigenvalue weighted by Crippen LogP contribution is 2.50. The largest absolute Gasteiger partial charge is 0.344 e. The van der Waals surface area contributed by atoms with Crippen LogP contribution in [0.3, 0.4) is 0 Å². The molecule has 3 aromatic rings. The molecular formula is C28H35N9O3S2. The normalized spacial score (nSPS) is 18.0. The zero-order chi connectivity index (χ0) is 30.2. The van der Waals surface area contributed by atoms with Gasteiger partial charge in [-0.2, -0.15) is 10.5 Å². The van der Waals surface area contributed by atoms with Crippen molar-refractivity contribution in [2.75, 3.05) is 41.3 Å². The third-order valence-electron chi connectivity index (χ3n) is 8.01. The molecule has 42 heavy (non-hydrogen) atoms. The highest BCUT2D eigenvalue weighted by atomic mass is 32.1. The topological polar surface area (TPSA) is 151 Å². The molecule has 1 aliphatic carbocycles. The van der Waals surface area contributed by atoms with Gasteiger partial charge in [-0.05, 0) is 62.3 Å². The summed E-state index contributed by atoms with van der Waals surface area (Å²) in [6.07, 6.45) is 3.37. The second-order valence-electron chi connectivity index (χ2n) is 11.3. The SMILES string of the molecule is C[C@@H](CC1(c2nn[nH]n2)c2cc(C(=O)N(C)C)sc2CCc2sc(C(=O)N(C)C)cc21)NCC(=O)N1CCCC1C#N. The van der Waals surface area contributed by atoms with Gasteiger partial charge in [0.05, 0.1) is 27.8 Å². The van der Waals surface area contributed by atoms with Crippen molar-refractivity contribution in [3.8, 4) is 6.07 Å². The molecule has 1 fully saturated rings. The third-order valence-corrected chi connectivity index (χ3v) is 10.4. The van der Waals surface area contributed by atoms with Crippen LogP contribution in [-0.4, -0.2) is 106 Å². The molecule has 222 valence electrons. The molecule has 0 bridgehead atoms. The fraction of sp³-hybridized carbons (Fsp3) is 0.536. The van der Waals surface area contributed by atoms with E-state index in [0.29, 0.717) is 47.8 Å². The smallest absolute Gasteiger partial charge is 0.263 e. The van der Waals surface area contributed by atoms with Gasteiger partial charge in [-0.3, -0.25) is 14.4 Å². The molecule has 0 radical (unpaired) electrons. The number of aryl methyl sites for hydroxylation is 2. The maximum Gasteiger partial charge on any atom is 0.263 e. The summed E-state index contributed by atoms with van der Waals surface area (Å²) < 4.78 is 0. The molecular weight excluding hydrogens is 575 g/mol. The van der Waals surface area contributed by atoms with Crippen molar-refractivity contribution < 1.29 is 14.4 Å². The molecule has 12 nitrogen and oxygen atoms in total. The van der Waals surface area contributed by atoms with E-state index in [0.717, 1.165) is 27.3 Å². The molecule has 0 spiro atoms. The summed E-state index contributed by atoms with van der Waals surface area (Å²) in [6.45, 7) is 2.67. The van der Waals surface area contributed by atoms with E-state index in [4.69, 9.17) is 0 Å². The van der Waals surface area contributed by atoms with Crippen molar-refractivity contribution in [1.82, 2.24) is 40.6 Å². The number of fused-ring (bicyclic) bond motifs is 2. The number of carbonyl (C=O) groups excluding carboxylic acids is 3. The maximum atomic E-state index is 13.1. The molecule has 4 heterocycles. The van der Waals surface area contributed by atoms with Crippen LogP contribution >= 0.6 is 22.7 Å². The van der Waals surface area contributed by atoms with E-state index >= 15 is 0 Å². The van der Waals surface area contributed by atoms with E-state index in [1.807, 2.05) is 19.1 Å². The standard InChI is InChI=1S/C28H35N9O3S2/c1-16(30-15-24(38)37-10-6-7-17(37)14-29)13-28(27-31-33-34-32-27)18-11-22(25(39)35(2)3)41-20(18)8-9-21-19(28)12-23(42-21)26(40)36(4)5/h11-12,16-17,30H,6-10,13,15H2,1-5H3,(H,31,32,33,34)/t16-,17?/m0/s1. The van der Waals surface area contributed by atoms with Gasteiger partial charge in [-0.25, -0.2) is 0 Å². The van der Waals surface area contributed by atoms with Gasteiger partial charge in [0, 0.05) is 50.5 Å². The number of nitrogens with zero attached hydrogens (tertiary/aromatic N) is 7. The summed E-state index contributed by atoms with van der Waals surface area (Å²) >= 11 is 2.96. The Bertz CT molecular complexity index is 1450. The second kappa shape index (κ2) is 11.9. The minimum atomic E-state index is -0.935. The van der Waals surface area contributed by atoms with E-state index in [1.165, 1.54) is 22.7 Å². The lowest BCUT2D eigenvalue weighted by Crippen LogP contribution is -2.45. The summed E-state index contributed by atoms with van der Waals surface area (Å²) in [5, 5.41) is 28.4. The lowest BCUT2D eigenvalue weighted by Gasteiger charge is -2.34. The first-order valence-electron chi connectivity index (χ1n) is 13.9. The van der Waals surface area contributed by atoms with Crippen LogP contribution in [0, 0.1) is 11.3 Å². The quantitative estimate of drug-likeness (QED) is 0.394. The predicted octanol–water partition coefficient (Wildman–Crippen LogP) is 2.04. The Labute approximate surface area is 252 Å². The van der Waals surface area contributed by atoms with Crippen molar-refractivity contribution in [2.24, 2.45) is 0 Å². The molecule has 3 aromatic heterocycles. The molecule has 2 aliphatic rings. The maximum absolute atomic E-state index is 13.1. The number of amides is 3. The summed E-state index contributed by atoms with van der Waals surface area (Å²) in [5.41, 5.74) is 0.905. The zero-order valence-corrected chi connectivity index (χ0v) is 26.1. The van der Waals surface area contributed by atoms with Crippen LogP contribution in [0.1, 0.15) is 72.2 Å². The van der Waals surface area contributed by atoms with Crippen LogP contribution < -0.4 is 5.32 Å². The minimum Gasteiger partial charge on any atom is -0.344 e. The van der Waals surface area contributed by atoms with Crippen LogP contribution in [0.25, 0.3) is 0 Å². The first-order chi connectivity index (χ1) is 20.1. The Hall–Kier alpha value is -3.67. The monoisotopic (exact) mass is 609 g/mol. The van der Waals surface area contributed by atoms with E-state index < -0.39 is 5.41 Å². The molecule has 14 heteroatoms. The van der Waals surface area contributed by atoms with Gasteiger partial charge in [0.1, 0.15) is 6.04 Å². The lowest BCUT2D eigenvalue weighted by atomic mass is 9.70. The molecule has 0 saturated carbocycles.